The van der Waals surface area contributed by atoms with E-state index in [0.29, 0.717) is 0 Å². The second kappa shape index (κ2) is 7.92. The van der Waals surface area contributed by atoms with Gasteiger partial charge in [0, 0.05) is 24.0 Å². The molecule has 4 rings (SSSR count). The van der Waals surface area contributed by atoms with Crippen LogP contribution in [0, 0.1) is 0 Å². The molecule has 1 aromatic heterocycles. The van der Waals surface area contributed by atoms with Crippen molar-refractivity contribution < 1.29 is 4.74 Å². The van der Waals surface area contributed by atoms with Gasteiger partial charge in [0.25, 0.3) is 0 Å². The Kier molecular flexibility index (Phi) is 5.66. The summed E-state index contributed by atoms with van der Waals surface area (Å²) in [5.74, 6) is 0. The summed E-state index contributed by atoms with van der Waals surface area (Å²) in [6, 6.07) is 19.1. The molecule has 5 heteroatoms. The van der Waals surface area contributed by atoms with Gasteiger partial charge in [-0.2, -0.15) is 0 Å². The van der Waals surface area contributed by atoms with Crippen LogP contribution in [0.4, 0.5) is 5.13 Å². The molecule has 124 valence electrons. The molecule has 2 heterocycles. The number of rotatable bonds is 3. The van der Waals surface area contributed by atoms with Crippen molar-refractivity contribution in [1.29, 1.82) is 0 Å². The molecule has 0 bridgehead atoms. The monoisotopic (exact) mass is 402 g/mol. The number of halogens is 1. The van der Waals surface area contributed by atoms with Crippen molar-refractivity contribution in [2.45, 2.75) is 0 Å². The van der Waals surface area contributed by atoms with Crippen LogP contribution in [-0.2, 0) is 4.74 Å². The second-order valence-electron chi connectivity index (χ2n) is 5.56. The second-order valence-corrected chi connectivity index (χ2v) is 6.39. The highest BCUT2D eigenvalue weighted by atomic mass is 79.9. The van der Waals surface area contributed by atoms with Gasteiger partial charge in [-0.3, -0.25) is 0 Å². The Morgan fingerprint density at radius 2 is 1.46 bits per heavy atom. The number of ether oxygens (including phenoxy) is 1. The van der Waals surface area contributed by atoms with E-state index in [2.05, 4.69) is 58.8 Å². The maximum absolute atomic E-state index is 5.40. The zero-order chi connectivity index (χ0) is 15.5. The summed E-state index contributed by atoms with van der Waals surface area (Å²) in [6.07, 6.45) is 0. The predicted molar refractivity (Wildman–Crippen MR) is 106 cm³/mol. The SMILES string of the molecule is Br.c1ccc(-c2ccc(-c3csc(N4CCOCC4)n3)cc2)cc1. The van der Waals surface area contributed by atoms with Crippen molar-refractivity contribution in [1.82, 2.24) is 4.98 Å². The van der Waals surface area contributed by atoms with E-state index in [1.54, 1.807) is 11.3 Å². The molecule has 24 heavy (non-hydrogen) atoms. The van der Waals surface area contributed by atoms with Gasteiger partial charge in [-0.15, -0.1) is 28.3 Å². The molecule has 0 atom stereocenters. The van der Waals surface area contributed by atoms with Crippen LogP contribution in [0.15, 0.2) is 60.0 Å². The van der Waals surface area contributed by atoms with Crippen molar-refractivity contribution in [3.8, 4) is 22.4 Å². The van der Waals surface area contributed by atoms with Crippen molar-refractivity contribution in [2.24, 2.45) is 0 Å². The minimum atomic E-state index is 0. The molecule has 0 unspecified atom stereocenters. The first-order valence-electron chi connectivity index (χ1n) is 7.84. The van der Waals surface area contributed by atoms with Gasteiger partial charge in [-0.05, 0) is 11.1 Å². The van der Waals surface area contributed by atoms with E-state index in [0.717, 1.165) is 37.1 Å². The number of hydrogen-bond donors (Lipinski definition) is 0. The Morgan fingerprint density at radius 1 is 0.833 bits per heavy atom. The van der Waals surface area contributed by atoms with Crippen LogP contribution in [0.5, 0.6) is 0 Å². The normalized spacial score (nSPS) is 14.2. The van der Waals surface area contributed by atoms with Crippen molar-refractivity contribution in [3.63, 3.8) is 0 Å². The zero-order valence-electron chi connectivity index (χ0n) is 13.2. The van der Waals surface area contributed by atoms with E-state index in [1.165, 1.54) is 16.7 Å². The third-order valence-corrected chi connectivity index (χ3v) is 4.96. The molecule has 1 aliphatic rings. The summed E-state index contributed by atoms with van der Waals surface area (Å²) >= 11 is 1.71. The molecule has 1 fully saturated rings. The summed E-state index contributed by atoms with van der Waals surface area (Å²) in [5.41, 5.74) is 4.70. The maximum atomic E-state index is 5.40. The average molecular weight is 403 g/mol. The molecule has 2 aromatic carbocycles. The molecule has 0 amide bonds. The number of morpholine rings is 1. The Bertz CT molecular complexity index is 768. The van der Waals surface area contributed by atoms with Gasteiger partial charge in [0.1, 0.15) is 0 Å². The molecule has 1 saturated heterocycles. The number of hydrogen-bond acceptors (Lipinski definition) is 4. The quantitative estimate of drug-likeness (QED) is 0.623. The molecule has 0 radical (unpaired) electrons. The number of aromatic nitrogens is 1. The molecule has 0 aliphatic carbocycles. The summed E-state index contributed by atoms with van der Waals surface area (Å²) in [5, 5.41) is 3.23. The lowest BCUT2D eigenvalue weighted by Crippen LogP contribution is -2.36. The highest BCUT2D eigenvalue weighted by Crippen LogP contribution is 2.29. The summed E-state index contributed by atoms with van der Waals surface area (Å²) in [4.78, 5) is 7.10. The molecule has 0 spiro atoms. The lowest BCUT2D eigenvalue weighted by Gasteiger charge is -2.26. The van der Waals surface area contributed by atoms with E-state index in [-0.39, 0.29) is 17.0 Å². The van der Waals surface area contributed by atoms with Gasteiger partial charge in [0.2, 0.25) is 0 Å². The first-order valence-corrected chi connectivity index (χ1v) is 8.72. The van der Waals surface area contributed by atoms with Crippen molar-refractivity contribution >= 4 is 33.4 Å². The minimum Gasteiger partial charge on any atom is -0.378 e. The lowest BCUT2D eigenvalue weighted by molar-refractivity contribution is 0.122. The first kappa shape index (κ1) is 17.1. The van der Waals surface area contributed by atoms with Crippen LogP contribution >= 0.6 is 28.3 Å². The van der Waals surface area contributed by atoms with Gasteiger partial charge in [-0.25, -0.2) is 4.98 Å². The zero-order valence-corrected chi connectivity index (χ0v) is 15.8. The van der Waals surface area contributed by atoms with Crippen molar-refractivity contribution in [2.75, 3.05) is 31.2 Å². The number of thiazole rings is 1. The smallest absolute Gasteiger partial charge is 0.186 e. The van der Waals surface area contributed by atoms with E-state index in [4.69, 9.17) is 9.72 Å². The Balaban J connectivity index is 0.00000169. The lowest BCUT2D eigenvalue weighted by atomic mass is 10.0. The average Bonchev–Trinajstić information content (AvgIpc) is 3.14. The van der Waals surface area contributed by atoms with Gasteiger partial charge in [-0.1, -0.05) is 54.6 Å². The number of benzene rings is 2. The number of anilines is 1. The third-order valence-electron chi connectivity index (χ3n) is 4.06. The fraction of sp³-hybridized carbons (Fsp3) is 0.211. The van der Waals surface area contributed by atoms with E-state index >= 15 is 0 Å². The van der Waals surface area contributed by atoms with E-state index < -0.39 is 0 Å². The van der Waals surface area contributed by atoms with Crippen molar-refractivity contribution in [3.05, 3.63) is 60.0 Å². The van der Waals surface area contributed by atoms with Crippen LogP contribution in [0.2, 0.25) is 0 Å². The van der Waals surface area contributed by atoms with Crippen LogP contribution in [-0.4, -0.2) is 31.3 Å². The van der Waals surface area contributed by atoms with Gasteiger partial charge < -0.3 is 9.64 Å². The molecular formula is C19H19BrN2OS. The predicted octanol–water partition coefficient (Wildman–Crippen LogP) is 4.89. The van der Waals surface area contributed by atoms with Crippen LogP contribution < -0.4 is 4.90 Å². The fourth-order valence-electron chi connectivity index (χ4n) is 2.76. The standard InChI is InChI=1S/C19H18N2OS.BrH/c1-2-4-15(5-3-1)16-6-8-17(9-7-16)18-14-23-19(20-18)21-10-12-22-13-11-21;/h1-9,14H,10-13H2;1H. The maximum Gasteiger partial charge on any atom is 0.186 e. The Labute approximate surface area is 156 Å². The van der Waals surface area contributed by atoms with Crippen LogP contribution in [0.1, 0.15) is 0 Å². The van der Waals surface area contributed by atoms with Gasteiger partial charge in [0.15, 0.2) is 5.13 Å². The first-order chi connectivity index (χ1) is 11.4. The molecule has 0 saturated carbocycles. The van der Waals surface area contributed by atoms with Crippen LogP contribution in [0.3, 0.4) is 0 Å². The van der Waals surface area contributed by atoms with Gasteiger partial charge in [0.05, 0.1) is 18.9 Å². The molecular weight excluding hydrogens is 384 g/mol. The minimum absolute atomic E-state index is 0. The summed E-state index contributed by atoms with van der Waals surface area (Å²) in [7, 11) is 0. The molecule has 0 N–H and O–H groups in total. The topological polar surface area (TPSA) is 25.4 Å². The van der Waals surface area contributed by atoms with Crippen LogP contribution in [0.25, 0.3) is 22.4 Å². The molecule has 1 aliphatic heterocycles. The largest absolute Gasteiger partial charge is 0.378 e. The Hall–Kier alpha value is -1.69. The van der Waals surface area contributed by atoms with E-state index in [1.807, 2.05) is 6.07 Å². The molecule has 3 nitrogen and oxygen atoms in total. The highest BCUT2D eigenvalue weighted by molar-refractivity contribution is 8.93. The highest BCUT2D eigenvalue weighted by Gasteiger charge is 2.15. The van der Waals surface area contributed by atoms with Gasteiger partial charge >= 0.3 is 0 Å². The van der Waals surface area contributed by atoms with E-state index in [9.17, 15) is 0 Å². The third kappa shape index (κ3) is 3.69. The fourth-order valence-corrected chi connectivity index (χ4v) is 3.65. The summed E-state index contributed by atoms with van der Waals surface area (Å²) < 4.78 is 5.40. The number of nitrogens with zero attached hydrogens (tertiary/aromatic N) is 2. The Morgan fingerprint density at radius 3 is 2.17 bits per heavy atom. The molecule has 3 aromatic rings. The summed E-state index contributed by atoms with van der Waals surface area (Å²) in [6.45, 7) is 3.45.